The molecule has 1 N–H and O–H groups in total. The number of H-pyrrole nitrogens is 1. The van der Waals surface area contributed by atoms with E-state index >= 15 is 0 Å². The smallest absolute Gasteiger partial charge is 0.158 e. The van der Waals surface area contributed by atoms with E-state index in [4.69, 9.17) is 12.2 Å². The number of nitrogens with one attached hydrogen (secondary N) is 1. The summed E-state index contributed by atoms with van der Waals surface area (Å²) in [4.78, 5) is 11.9. The number of aromatic nitrogens is 3. The first kappa shape index (κ1) is 11.4. The van der Waals surface area contributed by atoms with Crippen molar-refractivity contribution in [1.29, 1.82) is 0 Å². The van der Waals surface area contributed by atoms with Crippen molar-refractivity contribution in [2.45, 2.75) is 26.7 Å². The molecule has 0 amide bonds. The van der Waals surface area contributed by atoms with E-state index in [2.05, 4.69) is 28.8 Å². The average Bonchev–Trinajstić information content (AvgIpc) is 2.67. The Morgan fingerprint density at radius 2 is 2.19 bits per heavy atom. The average molecular weight is 251 g/mol. The SMILES string of the molecule is Cc1[nH]c(-c2cscn2)nc(=S)c1C(C)C. The van der Waals surface area contributed by atoms with Gasteiger partial charge in [-0.3, -0.25) is 0 Å². The van der Waals surface area contributed by atoms with Crippen LogP contribution in [0, 0.1) is 11.6 Å². The monoisotopic (exact) mass is 251 g/mol. The van der Waals surface area contributed by atoms with Gasteiger partial charge in [-0.1, -0.05) is 26.1 Å². The summed E-state index contributed by atoms with van der Waals surface area (Å²) in [6.07, 6.45) is 0. The van der Waals surface area contributed by atoms with Crippen LogP contribution in [0.4, 0.5) is 0 Å². The number of thiazole rings is 1. The lowest BCUT2D eigenvalue weighted by Crippen LogP contribution is -2.01. The fourth-order valence-corrected chi connectivity index (χ4v) is 2.74. The minimum atomic E-state index is 0.390. The van der Waals surface area contributed by atoms with E-state index in [0.717, 1.165) is 22.8 Å². The molecule has 16 heavy (non-hydrogen) atoms. The Morgan fingerprint density at radius 3 is 2.69 bits per heavy atom. The number of aromatic amines is 1. The van der Waals surface area contributed by atoms with Crippen LogP contribution >= 0.6 is 23.6 Å². The van der Waals surface area contributed by atoms with Gasteiger partial charge in [0.1, 0.15) is 10.3 Å². The lowest BCUT2D eigenvalue weighted by atomic mass is 10.0. The molecule has 0 aliphatic carbocycles. The van der Waals surface area contributed by atoms with Crippen molar-refractivity contribution in [3.8, 4) is 11.5 Å². The predicted molar refractivity (Wildman–Crippen MR) is 69.4 cm³/mol. The summed E-state index contributed by atoms with van der Waals surface area (Å²) in [5.74, 6) is 1.15. The van der Waals surface area contributed by atoms with Crippen LogP contribution in [0.3, 0.4) is 0 Å². The van der Waals surface area contributed by atoms with Crippen molar-refractivity contribution in [3.63, 3.8) is 0 Å². The molecule has 2 rings (SSSR count). The summed E-state index contributed by atoms with van der Waals surface area (Å²) in [7, 11) is 0. The Hall–Kier alpha value is -1.07. The number of hydrogen-bond donors (Lipinski definition) is 1. The Labute approximate surface area is 104 Å². The molecular formula is C11H13N3S2. The summed E-state index contributed by atoms with van der Waals surface area (Å²) in [5.41, 5.74) is 4.85. The summed E-state index contributed by atoms with van der Waals surface area (Å²) in [5, 5.41) is 1.96. The lowest BCUT2D eigenvalue weighted by molar-refractivity contribution is 0.824. The normalized spacial score (nSPS) is 11.0. The molecule has 3 nitrogen and oxygen atoms in total. The Bertz CT molecular complexity index is 541. The lowest BCUT2D eigenvalue weighted by Gasteiger charge is -2.10. The topological polar surface area (TPSA) is 41.6 Å². The van der Waals surface area contributed by atoms with Crippen LogP contribution in [0.1, 0.15) is 31.0 Å². The molecule has 0 aromatic carbocycles. The van der Waals surface area contributed by atoms with Crippen molar-refractivity contribution in [3.05, 3.63) is 26.8 Å². The van der Waals surface area contributed by atoms with Crippen LogP contribution in [0.25, 0.3) is 11.5 Å². The zero-order valence-corrected chi connectivity index (χ0v) is 11.1. The van der Waals surface area contributed by atoms with Crippen molar-refractivity contribution in [1.82, 2.24) is 15.0 Å². The molecule has 5 heteroatoms. The minimum absolute atomic E-state index is 0.390. The predicted octanol–water partition coefficient (Wildman–Crippen LogP) is 3.69. The zero-order chi connectivity index (χ0) is 11.7. The highest BCUT2D eigenvalue weighted by atomic mass is 32.1. The third-order valence-corrected chi connectivity index (χ3v) is 3.30. The van der Waals surface area contributed by atoms with Gasteiger partial charge in [0.25, 0.3) is 0 Å². The van der Waals surface area contributed by atoms with Crippen LogP contribution in [-0.2, 0) is 0 Å². The molecule has 0 radical (unpaired) electrons. The molecule has 2 heterocycles. The molecule has 0 atom stereocenters. The van der Waals surface area contributed by atoms with Crippen molar-refractivity contribution in [2.24, 2.45) is 0 Å². The van der Waals surface area contributed by atoms with Gasteiger partial charge in [0.15, 0.2) is 5.82 Å². The van der Waals surface area contributed by atoms with Crippen molar-refractivity contribution < 1.29 is 0 Å². The van der Waals surface area contributed by atoms with Crippen molar-refractivity contribution >= 4 is 23.6 Å². The van der Waals surface area contributed by atoms with Crippen molar-refractivity contribution in [2.75, 3.05) is 0 Å². The second-order valence-electron chi connectivity index (χ2n) is 3.96. The highest BCUT2D eigenvalue weighted by Crippen LogP contribution is 2.22. The Balaban J connectivity index is 2.58. The van der Waals surface area contributed by atoms with Crippen LogP contribution in [0.2, 0.25) is 0 Å². The molecule has 84 valence electrons. The van der Waals surface area contributed by atoms with E-state index in [1.807, 2.05) is 12.3 Å². The standard InChI is InChI=1S/C11H13N3S2/c1-6(2)9-7(3)13-10(14-11(9)15)8-4-16-5-12-8/h4-6H,1-3H3,(H,13,14,15). The summed E-state index contributed by atoms with van der Waals surface area (Å²) in [6.45, 7) is 6.27. The van der Waals surface area contributed by atoms with Gasteiger partial charge < -0.3 is 4.98 Å². The maximum absolute atomic E-state index is 5.32. The third kappa shape index (κ3) is 2.05. The van der Waals surface area contributed by atoms with Gasteiger partial charge in [-0.2, -0.15) is 0 Å². The summed E-state index contributed by atoms with van der Waals surface area (Å²) >= 11 is 6.87. The number of rotatable bonds is 2. The number of aryl methyl sites for hydroxylation is 1. The maximum Gasteiger partial charge on any atom is 0.158 e. The van der Waals surface area contributed by atoms with Crippen LogP contribution in [0.15, 0.2) is 10.9 Å². The molecule has 0 aliphatic rings. The van der Waals surface area contributed by atoms with Gasteiger partial charge in [-0.15, -0.1) is 11.3 Å². The van der Waals surface area contributed by atoms with Crippen LogP contribution < -0.4 is 0 Å². The van der Waals surface area contributed by atoms with E-state index in [1.165, 1.54) is 0 Å². The maximum atomic E-state index is 5.32. The highest BCUT2D eigenvalue weighted by Gasteiger charge is 2.10. The fourth-order valence-electron chi connectivity index (χ4n) is 1.73. The second-order valence-corrected chi connectivity index (χ2v) is 5.06. The summed E-state index contributed by atoms with van der Waals surface area (Å²) < 4.78 is 0.675. The molecule has 2 aromatic rings. The molecule has 0 fully saturated rings. The Morgan fingerprint density at radius 1 is 1.44 bits per heavy atom. The van der Waals surface area contributed by atoms with E-state index in [1.54, 1.807) is 16.8 Å². The first-order valence-electron chi connectivity index (χ1n) is 5.09. The van der Waals surface area contributed by atoms with Gasteiger partial charge in [0, 0.05) is 16.6 Å². The van der Waals surface area contributed by atoms with Gasteiger partial charge in [0.2, 0.25) is 0 Å². The van der Waals surface area contributed by atoms with Gasteiger partial charge in [0.05, 0.1) is 5.51 Å². The van der Waals surface area contributed by atoms with Gasteiger partial charge in [-0.25, -0.2) is 9.97 Å². The first-order chi connectivity index (χ1) is 7.59. The fraction of sp³-hybridized carbons (Fsp3) is 0.364. The largest absolute Gasteiger partial charge is 0.342 e. The highest BCUT2D eigenvalue weighted by molar-refractivity contribution is 7.71. The van der Waals surface area contributed by atoms with Crippen LogP contribution in [-0.4, -0.2) is 15.0 Å². The molecule has 0 saturated heterocycles. The van der Waals surface area contributed by atoms with E-state index in [9.17, 15) is 0 Å². The molecule has 0 aliphatic heterocycles. The molecule has 0 saturated carbocycles. The molecule has 0 bridgehead atoms. The summed E-state index contributed by atoms with van der Waals surface area (Å²) in [6, 6.07) is 0. The Kier molecular flexibility index (Phi) is 3.16. The van der Waals surface area contributed by atoms with Gasteiger partial charge >= 0.3 is 0 Å². The first-order valence-corrected chi connectivity index (χ1v) is 6.44. The molecule has 2 aromatic heterocycles. The molecule has 0 spiro atoms. The minimum Gasteiger partial charge on any atom is -0.342 e. The van der Waals surface area contributed by atoms with E-state index in [-0.39, 0.29) is 0 Å². The van der Waals surface area contributed by atoms with Crippen LogP contribution in [0.5, 0.6) is 0 Å². The molecule has 0 unspecified atom stereocenters. The van der Waals surface area contributed by atoms with Gasteiger partial charge in [-0.05, 0) is 12.8 Å². The quantitative estimate of drug-likeness (QED) is 0.828. The zero-order valence-electron chi connectivity index (χ0n) is 9.44. The third-order valence-electron chi connectivity index (χ3n) is 2.41. The number of hydrogen-bond acceptors (Lipinski definition) is 4. The van der Waals surface area contributed by atoms with E-state index in [0.29, 0.717) is 10.6 Å². The van der Waals surface area contributed by atoms with E-state index < -0.39 is 0 Å². The second kappa shape index (κ2) is 4.43. The number of nitrogens with zero attached hydrogens (tertiary/aromatic N) is 2. The molecular weight excluding hydrogens is 238 g/mol.